The van der Waals surface area contributed by atoms with Crippen LogP contribution in [-0.2, 0) is 9.53 Å². The normalized spacial score (nSPS) is 10.9. The van der Waals surface area contributed by atoms with Crippen LogP contribution in [0.5, 0.6) is 0 Å². The Morgan fingerprint density at radius 3 is 2.76 bits per heavy atom. The predicted octanol–water partition coefficient (Wildman–Crippen LogP) is 2.23. The summed E-state index contributed by atoms with van der Waals surface area (Å²) in [5.41, 5.74) is 6.37. The van der Waals surface area contributed by atoms with E-state index >= 15 is 0 Å². The molecule has 0 spiro atoms. The minimum Gasteiger partial charge on any atom is -0.384 e. The molecule has 6 heteroatoms. The second kappa shape index (κ2) is 6.99. The van der Waals surface area contributed by atoms with Crippen molar-refractivity contribution in [1.82, 2.24) is 15.4 Å². The van der Waals surface area contributed by atoms with Crippen LogP contribution >= 0.6 is 0 Å². The number of hydrogen-bond donors (Lipinski definition) is 2. The maximum absolute atomic E-state index is 11.6. The molecule has 0 saturated carbocycles. The molecule has 21 heavy (non-hydrogen) atoms. The molecule has 1 amide bonds. The molecule has 1 aromatic heterocycles. The highest BCUT2D eigenvalue weighted by atomic mass is 16.5. The first-order chi connectivity index (χ1) is 10.1. The SMILES string of the molecule is COCCC(=O)NNc1nc(C(C)C)nc2ccccc12. The monoisotopic (exact) mass is 288 g/mol. The summed E-state index contributed by atoms with van der Waals surface area (Å²) < 4.78 is 4.87. The van der Waals surface area contributed by atoms with Crippen LogP contribution in [0.1, 0.15) is 32.0 Å². The number of rotatable bonds is 6. The Balaban J connectivity index is 2.23. The predicted molar refractivity (Wildman–Crippen MR) is 81.9 cm³/mol. The lowest BCUT2D eigenvalue weighted by molar-refractivity contribution is -0.121. The van der Waals surface area contributed by atoms with Crippen molar-refractivity contribution in [1.29, 1.82) is 0 Å². The van der Waals surface area contributed by atoms with Crippen LogP contribution in [-0.4, -0.2) is 29.6 Å². The lowest BCUT2D eigenvalue weighted by Crippen LogP contribution is -2.30. The average molecular weight is 288 g/mol. The second-order valence-corrected chi connectivity index (χ2v) is 5.02. The molecule has 0 bridgehead atoms. The molecule has 0 radical (unpaired) electrons. The summed E-state index contributed by atoms with van der Waals surface area (Å²) in [4.78, 5) is 20.6. The fraction of sp³-hybridized carbons (Fsp3) is 0.400. The number of nitrogens with one attached hydrogen (secondary N) is 2. The highest BCUT2D eigenvalue weighted by Crippen LogP contribution is 2.22. The highest BCUT2D eigenvalue weighted by molar-refractivity contribution is 5.90. The standard InChI is InChI=1S/C15H20N4O2/c1-10(2)14-16-12-7-5-4-6-11(12)15(17-14)19-18-13(20)8-9-21-3/h4-7,10H,8-9H2,1-3H3,(H,18,20)(H,16,17,19). The lowest BCUT2D eigenvalue weighted by atomic mass is 10.2. The number of ether oxygens (including phenoxy) is 1. The van der Waals surface area contributed by atoms with Crippen LogP contribution in [0.4, 0.5) is 5.82 Å². The van der Waals surface area contributed by atoms with Gasteiger partial charge in [-0.3, -0.25) is 15.6 Å². The second-order valence-electron chi connectivity index (χ2n) is 5.02. The van der Waals surface area contributed by atoms with Gasteiger partial charge in [0.1, 0.15) is 5.82 Å². The van der Waals surface area contributed by atoms with Crippen molar-refractivity contribution < 1.29 is 9.53 Å². The first kappa shape index (κ1) is 15.2. The molecule has 1 heterocycles. The average Bonchev–Trinajstić information content (AvgIpc) is 2.50. The van der Waals surface area contributed by atoms with Crippen molar-refractivity contribution >= 4 is 22.6 Å². The zero-order valence-corrected chi connectivity index (χ0v) is 12.5. The van der Waals surface area contributed by atoms with E-state index in [-0.39, 0.29) is 11.8 Å². The smallest absolute Gasteiger partial charge is 0.240 e. The highest BCUT2D eigenvalue weighted by Gasteiger charge is 2.10. The maximum atomic E-state index is 11.6. The molecule has 2 aromatic rings. The molecule has 0 aliphatic rings. The molecule has 1 aromatic carbocycles. The molecule has 112 valence electrons. The lowest BCUT2D eigenvalue weighted by Gasteiger charge is -2.13. The number of carbonyl (C=O) groups excluding carboxylic acids is 1. The van der Waals surface area contributed by atoms with Crippen LogP contribution in [0, 0.1) is 0 Å². The number of anilines is 1. The van der Waals surface area contributed by atoms with Gasteiger partial charge in [-0.25, -0.2) is 9.97 Å². The Morgan fingerprint density at radius 2 is 2.05 bits per heavy atom. The third-order valence-electron chi connectivity index (χ3n) is 2.99. The van der Waals surface area contributed by atoms with Gasteiger partial charge in [-0.2, -0.15) is 0 Å². The Kier molecular flexibility index (Phi) is 5.05. The van der Waals surface area contributed by atoms with Crippen molar-refractivity contribution in [2.24, 2.45) is 0 Å². The number of carbonyl (C=O) groups is 1. The molecule has 2 rings (SSSR count). The first-order valence-corrected chi connectivity index (χ1v) is 6.92. The van der Waals surface area contributed by atoms with E-state index in [1.165, 1.54) is 0 Å². The minimum absolute atomic E-state index is 0.148. The van der Waals surface area contributed by atoms with Gasteiger partial charge in [0.2, 0.25) is 5.91 Å². The number of methoxy groups -OCH3 is 1. The molecule has 6 nitrogen and oxygen atoms in total. The van der Waals surface area contributed by atoms with E-state index in [1.807, 2.05) is 38.1 Å². The molecule has 0 aliphatic heterocycles. The summed E-state index contributed by atoms with van der Waals surface area (Å²) in [6.07, 6.45) is 0.295. The number of para-hydroxylation sites is 1. The Labute approximate surface area is 123 Å². The van der Waals surface area contributed by atoms with Crippen LogP contribution in [0.3, 0.4) is 0 Å². The van der Waals surface area contributed by atoms with Crippen LogP contribution in [0.25, 0.3) is 10.9 Å². The maximum Gasteiger partial charge on any atom is 0.240 e. The topological polar surface area (TPSA) is 76.1 Å². The molecule has 0 aliphatic carbocycles. The Morgan fingerprint density at radius 1 is 1.29 bits per heavy atom. The van der Waals surface area contributed by atoms with E-state index in [9.17, 15) is 4.79 Å². The number of benzene rings is 1. The van der Waals surface area contributed by atoms with E-state index in [1.54, 1.807) is 7.11 Å². The third-order valence-corrected chi connectivity index (χ3v) is 2.99. The van der Waals surface area contributed by atoms with Crippen molar-refractivity contribution in [3.05, 3.63) is 30.1 Å². The van der Waals surface area contributed by atoms with Gasteiger partial charge in [0.05, 0.1) is 18.5 Å². The first-order valence-electron chi connectivity index (χ1n) is 6.92. The molecular weight excluding hydrogens is 268 g/mol. The van der Waals surface area contributed by atoms with Crippen molar-refractivity contribution in [3.63, 3.8) is 0 Å². The fourth-order valence-corrected chi connectivity index (χ4v) is 1.83. The summed E-state index contributed by atoms with van der Waals surface area (Å²) in [6, 6.07) is 7.70. The van der Waals surface area contributed by atoms with Crippen LogP contribution in [0.2, 0.25) is 0 Å². The van der Waals surface area contributed by atoms with Crippen LogP contribution in [0.15, 0.2) is 24.3 Å². The molecule has 0 fully saturated rings. The van der Waals surface area contributed by atoms with E-state index in [0.717, 1.165) is 16.7 Å². The van der Waals surface area contributed by atoms with E-state index in [4.69, 9.17) is 4.74 Å². The van der Waals surface area contributed by atoms with Crippen LogP contribution < -0.4 is 10.9 Å². The van der Waals surface area contributed by atoms with Gasteiger partial charge < -0.3 is 4.74 Å². The number of amides is 1. The zero-order chi connectivity index (χ0) is 15.2. The Bertz CT molecular complexity index is 628. The fourth-order valence-electron chi connectivity index (χ4n) is 1.83. The van der Waals surface area contributed by atoms with Gasteiger partial charge in [0.25, 0.3) is 0 Å². The Hall–Kier alpha value is -2.21. The molecular formula is C15H20N4O2. The largest absolute Gasteiger partial charge is 0.384 e. The third kappa shape index (κ3) is 3.88. The summed E-state index contributed by atoms with van der Waals surface area (Å²) in [7, 11) is 1.56. The zero-order valence-electron chi connectivity index (χ0n) is 12.5. The molecule has 0 atom stereocenters. The van der Waals surface area contributed by atoms with E-state index in [2.05, 4.69) is 20.8 Å². The van der Waals surface area contributed by atoms with Crippen molar-refractivity contribution in [2.75, 3.05) is 19.1 Å². The number of nitrogens with zero attached hydrogens (tertiary/aromatic N) is 2. The number of hydrazine groups is 1. The van der Waals surface area contributed by atoms with Gasteiger partial charge in [0.15, 0.2) is 5.82 Å². The molecule has 0 unspecified atom stereocenters. The van der Waals surface area contributed by atoms with E-state index in [0.29, 0.717) is 18.8 Å². The summed E-state index contributed by atoms with van der Waals surface area (Å²) in [5, 5.41) is 0.869. The van der Waals surface area contributed by atoms with Gasteiger partial charge in [-0.1, -0.05) is 26.0 Å². The van der Waals surface area contributed by atoms with E-state index < -0.39 is 0 Å². The molecule has 2 N–H and O–H groups in total. The minimum atomic E-state index is -0.148. The van der Waals surface area contributed by atoms with Gasteiger partial charge in [-0.15, -0.1) is 0 Å². The van der Waals surface area contributed by atoms with Gasteiger partial charge in [0, 0.05) is 18.4 Å². The van der Waals surface area contributed by atoms with Crippen molar-refractivity contribution in [3.8, 4) is 0 Å². The summed E-state index contributed by atoms with van der Waals surface area (Å²) in [5.74, 6) is 1.40. The summed E-state index contributed by atoms with van der Waals surface area (Å²) >= 11 is 0. The number of fused-ring (bicyclic) bond motifs is 1. The van der Waals surface area contributed by atoms with Gasteiger partial charge >= 0.3 is 0 Å². The number of aromatic nitrogens is 2. The van der Waals surface area contributed by atoms with Gasteiger partial charge in [-0.05, 0) is 12.1 Å². The van der Waals surface area contributed by atoms with Crippen molar-refractivity contribution in [2.45, 2.75) is 26.2 Å². The number of hydrogen-bond acceptors (Lipinski definition) is 5. The molecule has 0 saturated heterocycles. The summed E-state index contributed by atoms with van der Waals surface area (Å²) in [6.45, 7) is 4.45. The quantitative estimate of drug-likeness (QED) is 0.797.